The van der Waals surface area contributed by atoms with Gasteiger partial charge in [-0.25, -0.2) is 0 Å². The largest absolute Gasteiger partial charge is 0.337 e. The van der Waals surface area contributed by atoms with Crippen molar-refractivity contribution in [2.75, 3.05) is 5.32 Å². The number of nitrogens with zero attached hydrogens (tertiary/aromatic N) is 2. The van der Waals surface area contributed by atoms with Gasteiger partial charge < -0.3 is 10.6 Å². The Balaban J connectivity index is 1.66. The Labute approximate surface area is 126 Å². The van der Waals surface area contributed by atoms with Gasteiger partial charge in [0.15, 0.2) is 12.1 Å². The van der Waals surface area contributed by atoms with Crippen molar-refractivity contribution in [2.45, 2.75) is 44.9 Å². The second-order valence-electron chi connectivity index (χ2n) is 5.48. The first kappa shape index (κ1) is 13.6. The summed E-state index contributed by atoms with van der Waals surface area (Å²) < 4.78 is 0.885. The first-order chi connectivity index (χ1) is 9.61. The van der Waals surface area contributed by atoms with E-state index in [0.717, 1.165) is 16.1 Å². The van der Waals surface area contributed by atoms with Crippen molar-refractivity contribution in [1.29, 1.82) is 0 Å². The van der Waals surface area contributed by atoms with Gasteiger partial charge in [0.2, 0.25) is 0 Å². The zero-order chi connectivity index (χ0) is 14.1. The number of anilines is 1. The summed E-state index contributed by atoms with van der Waals surface area (Å²) in [6.07, 6.45) is 4.20. The van der Waals surface area contributed by atoms with Crippen LogP contribution in [0.5, 0.6) is 0 Å². The summed E-state index contributed by atoms with van der Waals surface area (Å²) in [5.41, 5.74) is 1.21. The summed E-state index contributed by atoms with van der Waals surface area (Å²) in [5.74, 6) is 2.36. The highest BCUT2D eigenvalue weighted by molar-refractivity contribution is 9.12. The van der Waals surface area contributed by atoms with E-state index in [1.165, 1.54) is 18.5 Å². The number of aromatic nitrogens is 2. The smallest absolute Gasteiger partial charge is 0.175 e. The molecule has 20 heavy (non-hydrogen) atoms. The van der Waals surface area contributed by atoms with Crippen LogP contribution in [0.15, 0.2) is 21.4 Å². The molecule has 0 amide bonds. The average molecular weight is 339 g/mol. The molecule has 1 saturated carbocycles. The average Bonchev–Trinajstić information content (AvgIpc) is 3.14. The summed E-state index contributed by atoms with van der Waals surface area (Å²) in [4.78, 5) is 4.37. The van der Waals surface area contributed by atoms with Crippen LogP contribution in [0.4, 0.5) is 5.82 Å². The number of rotatable bonds is 5. The van der Waals surface area contributed by atoms with Gasteiger partial charge in [0.25, 0.3) is 0 Å². The van der Waals surface area contributed by atoms with Gasteiger partial charge in [0.1, 0.15) is 5.82 Å². The number of allylic oxidation sites excluding steroid dienone is 1. The molecule has 6 nitrogen and oxygen atoms in total. The molecule has 1 aromatic rings. The highest BCUT2D eigenvalue weighted by atomic mass is 79.9. The normalized spacial score (nSPS) is 22.3. The second-order valence-corrected chi connectivity index (χ2v) is 6.33. The molecule has 0 spiro atoms. The van der Waals surface area contributed by atoms with Crippen LogP contribution in [0, 0.1) is 0 Å². The fourth-order valence-corrected chi connectivity index (χ4v) is 2.41. The van der Waals surface area contributed by atoms with E-state index in [9.17, 15) is 0 Å². The summed E-state index contributed by atoms with van der Waals surface area (Å²) in [6, 6.07) is 2.43. The predicted octanol–water partition coefficient (Wildman–Crippen LogP) is 2.22. The maximum absolute atomic E-state index is 4.37. The fraction of sp³-hybridized carbons (Fsp3) is 0.538. The maximum Gasteiger partial charge on any atom is 0.175 e. The lowest BCUT2D eigenvalue weighted by molar-refractivity contribution is 0.432. The molecule has 0 aromatic carbocycles. The van der Waals surface area contributed by atoms with E-state index in [2.05, 4.69) is 67.0 Å². The van der Waals surface area contributed by atoms with Gasteiger partial charge in [-0.1, -0.05) is 0 Å². The molecule has 7 heteroatoms. The molecule has 1 aliphatic heterocycles. The van der Waals surface area contributed by atoms with Crippen LogP contribution >= 0.6 is 15.9 Å². The van der Waals surface area contributed by atoms with Gasteiger partial charge in [-0.05, 0) is 42.6 Å². The van der Waals surface area contributed by atoms with Gasteiger partial charge in [-0.15, -0.1) is 0 Å². The molecule has 1 aromatic heterocycles. The molecule has 1 fully saturated rings. The van der Waals surface area contributed by atoms with Crippen molar-refractivity contribution in [1.82, 2.24) is 20.8 Å². The van der Waals surface area contributed by atoms with Crippen LogP contribution in [0.1, 0.15) is 38.3 Å². The molecule has 0 bridgehead atoms. The van der Waals surface area contributed by atoms with Crippen LogP contribution in [0.3, 0.4) is 0 Å². The predicted molar refractivity (Wildman–Crippen MR) is 83.8 cm³/mol. The molecule has 1 aliphatic carbocycles. The van der Waals surface area contributed by atoms with E-state index in [4.69, 9.17) is 0 Å². The van der Waals surface area contributed by atoms with Crippen molar-refractivity contribution in [2.24, 2.45) is 4.99 Å². The lowest BCUT2D eigenvalue weighted by Crippen LogP contribution is -2.46. The first-order valence-electron chi connectivity index (χ1n) is 6.89. The minimum Gasteiger partial charge on any atom is -0.337 e. The lowest BCUT2D eigenvalue weighted by Gasteiger charge is -2.25. The topological polar surface area (TPSA) is 77.1 Å². The van der Waals surface area contributed by atoms with Crippen molar-refractivity contribution in [3.05, 3.63) is 22.1 Å². The van der Waals surface area contributed by atoms with Crippen LogP contribution in [0.2, 0.25) is 0 Å². The third kappa shape index (κ3) is 3.21. The molecule has 2 aliphatic rings. The van der Waals surface area contributed by atoms with E-state index in [1.54, 1.807) is 6.21 Å². The molecule has 0 radical (unpaired) electrons. The molecule has 0 saturated heterocycles. The van der Waals surface area contributed by atoms with Gasteiger partial charge in [-0.2, -0.15) is 5.10 Å². The van der Waals surface area contributed by atoms with E-state index < -0.39 is 0 Å². The number of hydrogen-bond donors (Lipinski definition) is 4. The maximum atomic E-state index is 4.37. The molecule has 1 unspecified atom stereocenters. The molecule has 4 N–H and O–H groups in total. The Hall–Kier alpha value is -1.34. The monoisotopic (exact) mass is 338 g/mol. The number of hydrogen-bond acceptors (Lipinski definition) is 5. The third-order valence-electron chi connectivity index (χ3n) is 3.22. The lowest BCUT2D eigenvalue weighted by atomic mass is 10.3. The highest BCUT2D eigenvalue weighted by Crippen LogP contribution is 2.39. The summed E-state index contributed by atoms with van der Waals surface area (Å²) >= 11 is 3.49. The second kappa shape index (κ2) is 5.57. The van der Waals surface area contributed by atoms with Crippen molar-refractivity contribution in [3.63, 3.8) is 0 Å². The number of nitrogens with one attached hydrogen (secondary N) is 4. The van der Waals surface area contributed by atoms with Crippen LogP contribution in [-0.4, -0.2) is 28.7 Å². The number of aromatic amines is 1. The Bertz CT molecular complexity index is 543. The number of halogens is 1. The molecule has 1 atom stereocenters. The van der Waals surface area contributed by atoms with Crippen LogP contribution < -0.4 is 16.0 Å². The van der Waals surface area contributed by atoms with Crippen molar-refractivity contribution in [3.8, 4) is 0 Å². The Kier molecular flexibility index (Phi) is 3.80. The van der Waals surface area contributed by atoms with E-state index in [-0.39, 0.29) is 6.29 Å². The summed E-state index contributed by atoms with van der Waals surface area (Å²) in [6.45, 7) is 4.18. The van der Waals surface area contributed by atoms with Crippen molar-refractivity contribution >= 4 is 28.0 Å². The van der Waals surface area contributed by atoms with E-state index in [0.29, 0.717) is 12.0 Å². The summed E-state index contributed by atoms with van der Waals surface area (Å²) in [5, 5.41) is 17.3. The molecule has 3 rings (SSSR count). The van der Waals surface area contributed by atoms with Gasteiger partial charge in [0.05, 0.1) is 4.48 Å². The van der Waals surface area contributed by atoms with Gasteiger partial charge in [0, 0.05) is 29.9 Å². The highest BCUT2D eigenvalue weighted by Gasteiger charge is 2.26. The minimum atomic E-state index is -0.124. The number of H-pyrrole nitrogens is 1. The Morgan fingerprint density at radius 1 is 1.40 bits per heavy atom. The van der Waals surface area contributed by atoms with Crippen LogP contribution in [-0.2, 0) is 0 Å². The van der Waals surface area contributed by atoms with Gasteiger partial charge in [-0.3, -0.25) is 15.4 Å². The van der Waals surface area contributed by atoms with E-state index >= 15 is 0 Å². The third-order valence-corrected chi connectivity index (χ3v) is 3.82. The molecular weight excluding hydrogens is 320 g/mol. The fourth-order valence-electron chi connectivity index (χ4n) is 2.08. The SMILES string of the molecule is CC(C)NC1N=CC(Br)=C(Nc2cc(C3CC3)[nH]n2)N1. The van der Waals surface area contributed by atoms with Crippen LogP contribution in [0.25, 0.3) is 0 Å². The van der Waals surface area contributed by atoms with Gasteiger partial charge >= 0.3 is 0 Å². The zero-order valence-electron chi connectivity index (χ0n) is 11.6. The Morgan fingerprint density at radius 3 is 2.90 bits per heavy atom. The molecule has 2 heterocycles. The number of aliphatic imine (C=N–C) groups is 1. The minimum absolute atomic E-state index is 0.124. The zero-order valence-corrected chi connectivity index (χ0v) is 13.2. The molecular formula is C13H19BrN6. The summed E-state index contributed by atoms with van der Waals surface area (Å²) in [7, 11) is 0. The first-order valence-corrected chi connectivity index (χ1v) is 7.69. The quantitative estimate of drug-likeness (QED) is 0.663. The molecule has 108 valence electrons. The van der Waals surface area contributed by atoms with Crippen molar-refractivity contribution < 1.29 is 0 Å². The standard InChI is InChI=1S/C13H19BrN6/c1-7(2)16-13-15-6-9(14)12(18-13)17-11-5-10(19-20-11)8-3-4-8/h5-8,13,16,18H,3-4H2,1-2H3,(H2,17,19,20). The Morgan fingerprint density at radius 2 is 2.20 bits per heavy atom. The van der Waals surface area contributed by atoms with E-state index in [1.807, 2.05) is 0 Å².